The molecule has 0 spiro atoms. The van der Waals surface area contributed by atoms with E-state index >= 15 is 0 Å². The summed E-state index contributed by atoms with van der Waals surface area (Å²) in [5, 5.41) is 5.01. The number of aryl methyl sites for hydroxylation is 1. The van der Waals surface area contributed by atoms with Crippen molar-refractivity contribution < 1.29 is 27.5 Å². The molecule has 0 saturated carbocycles. The molecule has 1 aliphatic heterocycles. The molecule has 0 bridgehead atoms. The molecule has 0 aliphatic carbocycles. The molecule has 9 nitrogen and oxygen atoms in total. The van der Waals surface area contributed by atoms with Crippen molar-refractivity contribution in [2.24, 2.45) is 0 Å². The molecule has 2 aromatic rings. The fourth-order valence-corrected chi connectivity index (χ4v) is 5.57. The van der Waals surface area contributed by atoms with Gasteiger partial charge in [0.05, 0.1) is 11.5 Å². The summed E-state index contributed by atoms with van der Waals surface area (Å²) >= 11 is 0. The summed E-state index contributed by atoms with van der Waals surface area (Å²) in [5.41, 5.74) is 2.76. The molecule has 10 heteroatoms. The highest BCUT2D eigenvalue weighted by molar-refractivity contribution is 7.91. The van der Waals surface area contributed by atoms with Gasteiger partial charge < -0.3 is 19.9 Å². The van der Waals surface area contributed by atoms with Crippen molar-refractivity contribution in [3.63, 3.8) is 0 Å². The monoisotopic (exact) mass is 461 g/mol. The molecule has 1 aromatic heterocycles. The van der Waals surface area contributed by atoms with E-state index in [4.69, 9.17) is 4.74 Å². The van der Waals surface area contributed by atoms with Crippen LogP contribution in [-0.2, 0) is 25.9 Å². The Kier molecular flexibility index (Phi) is 7.34. The van der Waals surface area contributed by atoms with Gasteiger partial charge in [-0.3, -0.25) is 9.59 Å². The van der Waals surface area contributed by atoms with Crippen LogP contribution in [0.4, 0.5) is 4.79 Å². The fraction of sp³-hybridized carbons (Fsp3) is 0.409. The molecule has 2 heterocycles. The van der Waals surface area contributed by atoms with Gasteiger partial charge in [-0.25, -0.2) is 13.2 Å². The highest BCUT2D eigenvalue weighted by Gasteiger charge is 2.31. The second-order valence-electron chi connectivity index (χ2n) is 7.82. The Labute approximate surface area is 187 Å². The minimum Gasteiger partial charge on any atom is -0.456 e. The summed E-state index contributed by atoms with van der Waals surface area (Å²) < 4.78 is 30.5. The number of hydrogen-bond acceptors (Lipinski definition) is 6. The molecule has 172 valence electrons. The van der Waals surface area contributed by atoms with Crippen molar-refractivity contribution in [3.05, 3.63) is 58.9 Å². The van der Waals surface area contributed by atoms with Crippen LogP contribution >= 0.6 is 0 Å². The molecule has 2 N–H and O–H groups in total. The lowest BCUT2D eigenvalue weighted by molar-refractivity contribution is -0.141. The summed E-state index contributed by atoms with van der Waals surface area (Å²) in [6, 6.07) is 10.3. The van der Waals surface area contributed by atoms with E-state index in [9.17, 15) is 22.8 Å². The molecule has 1 aliphatic rings. The lowest BCUT2D eigenvalue weighted by Crippen LogP contribution is -2.38. The molecular formula is C22H27N3O6S. The van der Waals surface area contributed by atoms with Crippen molar-refractivity contribution in [2.75, 3.05) is 24.7 Å². The predicted molar refractivity (Wildman–Crippen MR) is 118 cm³/mol. The van der Waals surface area contributed by atoms with Crippen molar-refractivity contribution in [2.45, 2.75) is 32.9 Å². The lowest BCUT2D eigenvalue weighted by atomic mass is 10.1. The highest BCUT2D eigenvalue weighted by Crippen LogP contribution is 2.29. The summed E-state index contributed by atoms with van der Waals surface area (Å²) in [7, 11) is -3.06. The summed E-state index contributed by atoms with van der Waals surface area (Å²) in [6.07, 6.45) is 0.513. The number of nitrogens with zero attached hydrogens (tertiary/aromatic N) is 1. The van der Waals surface area contributed by atoms with Crippen LogP contribution < -0.4 is 10.6 Å². The molecule has 1 fully saturated rings. The van der Waals surface area contributed by atoms with Gasteiger partial charge in [-0.1, -0.05) is 30.3 Å². The molecular weight excluding hydrogens is 434 g/mol. The third-order valence-corrected chi connectivity index (χ3v) is 7.16. The Balaban J connectivity index is 1.46. The van der Waals surface area contributed by atoms with E-state index in [0.717, 1.165) is 11.3 Å². The number of amides is 2. The SMILES string of the molecule is Cc1cc(C(=O)COC(=O)CNC(=O)NCc2ccccc2)c(C)n1C1CCS(=O)(=O)C1. The Bertz CT molecular complexity index is 1110. The first-order valence-corrected chi connectivity index (χ1v) is 12.1. The van der Waals surface area contributed by atoms with Crippen LogP contribution in [0.1, 0.15) is 39.8 Å². The van der Waals surface area contributed by atoms with Crippen LogP contribution in [0.15, 0.2) is 36.4 Å². The first-order chi connectivity index (χ1) is 15.2. The number of benzene rings is 1. The molecule has 0 radical (unpaired) electrons. The Morgan fingerprint density at radius 3 is 2.50 bits per heavy atom. The zero-order valence-corrected chi connectivity index (χ0v) is 18.9. The quantitative estimate of drug-likeness (QED) is 0.455. The van der Waals surface area contributed by atoms with Crippen LogP contribution in [0.3, 0.4) is 0 Å². The number of rotatable bonds is 8. The van der Waals surface area contributed by atoms with Crippen LogP contribution in [0.5, 0.6) is 0 Å². The minimum atomic E-state index is -3.06. The van der Waals surface area contributed by atoms with Gasteiger partial charge in [0.25, 0.3) is 0 Å². The Morgan fingerprint density at radius 2 is 1.84 bits per heavy atom. The maximum absolute atomic E-state index is 12.6. The molecule has 1 aromatic carbocycles. The van der Waals surface area contributed by atoms with E-state index in [-0.39, 0.29) is 29.9 Å². The zero-order valence-electron chi connectivity index (χ0n) is 18.1. The van der Waals surface area contributed by atoms with Gasteiger partial charge in [-0.15, -0.1) is 0 Å². The van der Waals surface area contributed by atoms with Crippen LogP contribution in [-0.4, -0.2) is 55.4 Å². The zero-order chi connectivity index (χ0) is 23.3. The third-order valence-electron chi connectivity index (χ3n) is 5.41. The minimum absolute atomic E-state index is 0.0595. The summed E-state index contributed by atoms with van der Waals surface area (Å²) in [5.74, 6) is -0.915. The third kappa shape index (κ3) is 5.97. The highest BCUT2D eigenvalue weighted by atomic mass is 32.2. The number of aromatic nitrogens is 1. The van der Waals surface area contributed by atoms with Crippen LogP contribution in [0.2, 0.25) is 0 Å². The van der Waals surface area contributed by atoms with E-state index in [1.165, 1.54) is 0 Å². The van der Waals surface area contributed by atoms with Crippen LogP contribution in [0, 0.1) is 13.8 Å². The van der Waals surface area contributed by atoms with E-state index in [1.807, 2.05) is 41.8 Å². The number of ether oxygens (including phenoxy) is 1. The summed E-state index contributed by atoms with van der Waals surface area (Å²) in [4.78, 5) is 36.3. The van der Waals surface area contributed by atoms with Gasteiger partial charge >= 0.3 is 12.0 Å². The number of esters is 1. The van der Waals surface area contributed by atoms with Crippen molar-refractivity contribution in [3.8, 4) is 0 Å². The molecule has 1 unspecified atom stereocenters. The fourth-order valence-electron chi connectivity index (χ4n) is 3.87. The first-order valence-electron chi connectivity index (χ1n) is 10.3. The molecule has 3 rings (SSSR count). The van der Waals surface area contributed by atoms with E-state index in [1.54, 1.807) is 13.0 Å². The average molecular weight is 462 g/mol. The van der Waals surface area contributed by atoms with Gasteiger partial charge in [0.2, 0.25) is 5.78 Å². The smallest absolute Gasteiger partial charge is 0.325 e. The van der Waals surface area contributed by atoms with Crippen molar-refractivity contribution in [1.29, 1.82) is 0 Å². The summed E-state index contributed by atoms with van der Waals surface area (Å²) in [6.45, 7) is 3.06. The molecule has 2 amide bonds. The number of urea groups is 1. The van der Waals surface area contributed by atoms with Gasteiger partial charge in [0.1, 0.15) is 6.54 Å². The van der Waals surface area contributed by atoms with E-state index in [2.05, 4.69) is 10.6 Å². The predicted octanol–water partition coefficient (Wildman–Crippen LogP) is 1.69. The molecule has 32 heavy (non-hydrogen) atoms. The van der Waals surface area contributed by atoms with E-state index < -0.39 is 28.4 Å². The van der Waals surface area contributed by atoms with Crippen molar-refractivity contribution in [1.82, 2.24) is 15.2 Å². The van der Waals surface area contributed by atoms with Gasteiger partial charge in [-0.05, 0) is 31.9 Å². The topological polar surface area (TPSA) is 124 Å². The standard InChI is InChI=1S/C22H27N3O6S/c1-15-10-19(16(2)25(15)18-8-9-32(29,30)14-18)20(26)13-31-21(27)12-24-22(28)23-11-17-6-4-3-5-7-17/h3-7,10,18H,8-9,11-14H2,1-2H3,(H2,23,24,28). The van der Waals surface area contributed by atoms with Gasteiger partial charge in [-0.2, -0.15) is 0 Å². The number of sulfone groups is 1. The van der Waals surface area contributed by atoms with Crippen LogP contribution in [0.25, 0.3) is 0 Å². The first kappa shape index (κ1) is 23.5. The number of carbonyl (C=O) groups is 3. The average Bonchev–Trinajstić information content (AvgIpc) is 3.27. The molecule has 1 saturated heterocycles. The van der Waals surface area contributed by atoms with Gasteiger partial charge in [0.15, 0.2) is 16.4 Å². The lowest BCUT2D eigenvalue weighted by Gasteiger charge is -2.16. The van der Waals surface area contributed by atoms with E-state index in [0.29, 0.717) is 24.2 Å². The number of carbonyl (C=O) groups excluding carboxylic acids is 3. The normalized spacial score (nSPS) is 17.0. The second kappa shape index (κ2) is 9.99. The number of ketones is 1. The second-order valence-corrected chi connectivity index (χ2v) is 10.0. The van der Waals surface area contributed by atoms with Gasteiger partial charge in [0, 0.05) is 29.5 Å². The van der Waals surface area contributed by atoms with Crippen molar-refractivity contribution >= 4 is 27.6 Å². The Morgan fingerprint density at radius 1 is 1.12 bits per heavy atom. The Hall–Kier alpha value is -3.14. The molecule has 1 atom stereocenters. The largest absolute Gasteiger partial charge is 0.456 e. The number of hydrogen-bond donors (Lipinski definition) is 2. The maximum atomic E-state index is 12.6. The maximum Gasteiger partial charge on any atom is 0.325 e. The number of nitrogens with one attached hydrogen (secondary N) is 2. The number of Topliss-reactive ketones (excluding diaryl/α,β-unsaturated/α-hetero) is 1.